The molecule has 0 unspecified atom stereocenters. The van der Waals surface area contributed by atoms with Crippen molar-refractivity contribution in [2.75, 3.05) is 12.4 Å². The molecule has 2 radical (unpaired) electrons. The zero-order valence-electron chi connectivity index (χ0n) is 16.0. The number of methoxy groups -OCH3 is 1. The maximum absolute atomic E-state index is 12.8. The van der Waals surface area contributed by atoms with E-state index in [4.69, 9.17) is 18.3 Å². The summed E-state index contributed by atoms with van der Waals surface area (Å²) in [5.41, 5.74) is 7.81. The van der Waals surface area contributed by atoms with Crippen molar-refractivity contribution in [3.05, 3.63) is 65.7 Å². The SMILES string of the molecule is [B]c1cnc2[nH]c(C(N)=O)c(NC(=O)c3cnn(Cc4ccc(OC)cc4)c3)c2c1. The van der Waals surface area contributed by atoms with E-state index >= 15 is 0 Å². The predicted molar refractivity (Wildman–Crippen MR) is 112 cm³/mol. The van der Waals surface area contributed by atoms with Crippen molar-refractivity contribution >= 4 is 41.8 Å². The van der Waals surface area contributed by atoms with Crippen LogP contribution in [0.5, 0.6) is 5.75 Å². The van der Waals surface area contributed by atoms with E-state index < -0.39 is 11.8 Å². The van der Waals surface area contributed by atoms with Crippen LogP contribution in [0.25, 0.3) is 11.0 Å². The standard InChI is InChI=1S/C20H17BN6O3/c1-30-14-4-2-11(3-5-14)9-27-10-12(7-24-27)20(29)26-16-15-6-13(21)8-23-19(15)25-17(16)18(22)28/h2-8,10H,9H2,1H3,(H2,22,28)(H,23,25)(H,26,29). The number of nitrogens with one attached hydrogen (secondary N) is 2. The molecular formula is C20H17BN6O3. The van der Waals surface area contributed by atoms with Crippen LogP contribution in [-0.4, -0.2) is 46.5 Å². The van der Waals surface area contributed by atoms with Gasteiger partial charge in [0, 0.05) is 17.8 Å². The quantitative estimate of drug-likeness (QED) is 0.416. The van der Waals surface area contributed by atoms with E-state index in [1.165, 1.54) is 12.4 Å². The minimum Gasteiger partial charge on any atom is -0.497 e. The summed E-state index contributed by atoms with van der Waals surface area (Å²) < 4.78 is 6.79. The molecule has 4 aromatic rings. The molecule has 30 heavy (non-hydrogen) atoms. The third-order valence-corrected chi connectivity index (χ3v) is 4.56. The van der Waals surface area contributed by atoms with E-state index in [-0.39, 0.29) is 11.4 Å². The molecule has 0 aliphatic rings. The first-order valence-electron chi connectivity index (χ1n) is 8.98. The summed E-state index contributed by atoms with van der Waals surface area (Å²) in [5, 5.41) is 7.43. The highest BCUT2D eigenvalue weighted by molar-refractivity contribution is 6.33. The van der Waals surface area contributed by atoms with Crippen LogP contribution in [0.4, 0.5) is 5.69 Å². The number of aromatic nitrogens is 4. The van der Waals surface area contributed by atoms with Crippen LogP contribution < -0.4 is 21.3 Å². The molecule has 0 saturated carbocycles. The third-order valence-electron chi connectivity index (χ3n) is 4.56. The number of pyridine rings is 1. The molecule has 0 aliphatic heterocycles. The molecule has 3 heterocycles. The van der Waals surface area contributed by atoms with E-state index in [0.29, 0.717) is 28.6 Å². The number of aromatic amines is 1. The van der Waals surface area contributed by atoms with E-state index in [1.54, 1.807) is 24.1 Å². The Morgan fingerprint density at radius 2 is 2.03 bits per heavy atom. The van der Waals surface area contributed by atoms with Crippen molar-refractivity contribution in [3.8, 4) is 5.75 Å². The maximum atomic E-state index is 12.8. The second kappa shape index (κ2) is 7.74. The van der Waals surface area contributed by atoms with Gasteiger partial charge in [0.05, 0.1) is 31.1 Å². The van der Waals surface area contributed by atoms with Gasteiger partial charge in [0.2, 0.25) is 0 Å². The monoisotopic (exact) mass is 400 g/mol. The molecule has 0 saturated heterocycles. The van der Waals surface area contributed by atoms with E-state index in [1.807, 2.05) is 24.3 Å². The summed E-state index contributed by atoms with van der Waals surface area (Å²) in [5.74, 6) is -0.405. The number of fused-ring (bicyclic) bond motifs is 1. The molecular weight excluding hydrogens is 383 g/mol. The lowest BCUT2D eigenvalue weighted by Crippen LogP contribution is -2.17. The fraction of sp³-hybridized carbons (Fsp3) is 0.100. The number of amides is 2. The first-order chi connectivity index (χ1) is 14.4. The highest BCUT2D eigenvalue weighted by Crippen LogP contribution is 2.26. The van der Waals surface area contributed by atoms with E-state index in [2.05, 4.69) is 20.4 Å². The normalized spacial score (nSPS) is 10.8. The Bertz CT molecular complexity index is 1250. The molecule has 1 aromatic carbocycles. The van der Waals surface area contributed by atoms with E-state index in [0.717, 1.165) is 11.3 Å². The van der Waals surface area contributed by atoms with Crippen molar-refractivity contribution in [3.63, 3.8) is 0 Å². The number of benzene rings is 1. The summed E-state index contributed by atoms with van der Waals surface area (Å²) in [6.45, 7) is 0.483. The van der Waals surface area contributed by atoms with Gasteiger partial charge < -0.3 is 20.8 Å². The number of nitrogens with two attached hydrogens (primary N) is 1. The molecule has 4 rings (SSSR count). The molecule has 0 bridgehead atoms. The topological polar surface area (TPSA) is 128 Å². The molecule has 148 valence electrons. The largest absolute Gasteiger partial charge is 0.497 e. The van der Waals surface area contributed by atoms with Gasteiger partial charge in [-0.1, -0.05) is 23.7 Å². The highest BCUT2D eigenvalue weighted by atomic mass is 16.5. The maximum Gasteiger partial charge on any atom is 0.267 e. The van der Waals surface area contributed by atoms with Gasteiger partial charge in [-0.3, -0.25) is 14.3 Å². The Kier molecular flexibility index (Phi) is 4.97. The smallest absolute Gasteiger partial charge is 0.267 e. The molecule has 3 aromatic heterocycles. The Labute approximate surface area is 172 Å². The van der Waals surface area contributed by atoms with Gasteiger partial charge in [0.25, 0.3) is 11.8 Å². The van der Waals surface area contributed by atoms with Gasteiger partial charge in [-0.2, -0.15) is 5.10 Å². The van der Waals surface area contributed by atoms with Gasteiger partial charge in [0.1, 0.15) is 24.9 Å². The Morgan fingerprint density at radius 1 is 1.27 bits per heavy atom. The molecule has 4 N–H and O–H groups in total. The average Bonchev–Trinajstić information content (AvgIpc) is 3.34. The summed E-state index contributed by atoms with van der Waals surface area (Å²) in [4.78, 5) is 31.5. The van der Waals surface area contributed by atoms with E-state index in [9.17, 15) is 9.59 Å². The van der Waals surface area contributed by atoms with Crippen molar-refractivity contribution in [2.24, 2.45) is 5.73 Å². The number of nitrogens with zero attached hydrogens (tertiary/aromatic N) is 3. The number of carbonyl (C=O) groups is 2. The number of H-pyrrole nitrogens is 1. The van der Waals surface area contributed by atoms with Gasteiger partial charge in [0.15, 0.2) is 0 Å². The van der Waals surface area contributed by atoms with Crippen LogP contribution in [0.3, 0.4) is 0 Å². The minimum absolute atomic E-state index is 0.0436. The lowest BCUT2D eigenvalue weighted by Gasteiger charge is -2.05. The van der Waals surface area contributed by atoms with Crippen molar-refractivity contribution in [2.45, 2.75) is 6.54 Å². The van der Waals surface area contributed by atoms with Crippen LogP contribution in [0, 0.1) is 0 Å². The summed E-state index contributed by atoms with van der Waals surface area (Å²) in [6.07, 6.45) is 4.51. The zero-order valence-corrected chi connectivity index (χ0v) is 16.0. The molecule has 0 atom stereocenters. The summed E-state index contributed by atoms with van der Waals surface area (Å²) >= 11 is 0. The summed E-state index contributed by atoms with van der Waals surface area (Å²) in [7, 11) is 7.39. The second-order valence-corrected chi connectivity index (χ2v) is 6.63. The van der Waals surface area contributed by atoms with Gasteiger partial charge in [-0.05, 0) is 17.7 Å². The number of anilines is 1. The zero-order chi connectivity index (χ0) is 21.3. The Morgan fingerprint density at radius 3 is 2.73 bits per heavy atom. The number of rotatable bonds is 6. The summed E-state index contributed by atoms with van der Waals surface area (Å²) in [6, 6.07) is 9.16. The molecule has 0 fully saturated rings. The minimum atomic E-state index is -0.725. The van der Waals surface area contributed by atoms with Crippen LogP contribution >= 0.6 is 0 Å². The lowest BCUT2D eigenvalue weighted by molar-refractivity contribution is 0.0997. The first kappa shape index (κ1) is 19.3. The van der Waals surface area contributed by atoms with Crippen LogP contribution in [-0.2, 0) is 6.54 Å². The number of carbonyl (C=O) groups excluding carboxylic acids is 2. The number of hydrogen-bond donors (Lipinski definition) is 3. The second-order valence-electron chi connectivity index (χ2n) is 6.63. The number of hydrogen-bond acceptors (Lipinski definition) is 5. The molecule has 9 nitrogen and oxygen atoms in total. The molecule has 2 amide bonds. The fourth-order valence-corrected chi connectivity index (χ4v) is 3.07. The third kappa shape index (κ3) is 3.75. The Balaban J connectivity index is 1.57. The van der Waals surface area contributed by atoms with Crippen molar-refractivity contribution in [1.29, 1.82) is 0 Å². The van der Waals surface area contributed by atoms with Crippen molar-refractivity contribution in [1.82, 2.24) is 19.7 Å². The molecule has 10 heteroatoms. The average molecular weight is 400 g/mol. The van der Waals surface area contributed by atoms with Gasteiger partial charge in [-0.25, -0.2) is 4.98 Å². The van der Waals surface area contributed by atoms with Gasteiger partial charge in [-0.15, -0.1) is 0 Å². The molecule has 0 spiro atoms. The predicted octanol–water partition coefficient (Wildman–Crippen LogP) is 0.961. The number of ether oxygens (including phenoxy) is 1. The Hall–Kier alpha value is -4.08. The van der Waals surface area contributed by atoms with Crippen LogP contribution in [0.15, 0.2) is 48.9 Å². The van der Waals surface area contributed by atoms with Crippen LogP contribution in [0.1, 0.15) is 26.4 Å². The first-order valence-corrected chi connectivity index (χ1v) is 8.98. The van der Waals surface area contributed by atoms with Gasteiger partial charge >= 0.3 is 0 Å². The fourth-order valence-electron chi connectivity index (χ4n) is 3.07. The van der Waals surface area contributed by atoms with Crippen LogP contribution in [0.2, 0.25) is 0 Å². The highest BCUT2D eigenvalue weighted by Gasteiger charge is 2.20. The number of primary amides is 1. The molecule has 0 aliphatic carbocycles. The lowest BCUT2D eigenvalue weighted by atomic mass is 9.97. The van der Waals surface area contributed by atoms with Crippen molar-refractivity contribution < 1.29 is 14.3 Å².